The molecular formula is C40H69O9P. The standard InChI is InChI=1S/C40H69O9P/c1-3-5-7-8-9-10-11-12-13-18-21-24-27-30-34-40(43)49-38(36-48-50(44,45)46)35-47-39(42)33-29-26-23-20-17-15-14-16-19-22-25-28-32-37(41)31-6-4-2/h6,14-15,19-20,22-23,25,28,31,37-38,41H,3-5,7-13,16-18,21,24,26-27,29-30,32-36H2,1-2H3,(H2,44,45,46)/b15-14-,22-19-,23-20-,28-25+,31-6-/t37?,38-/m1/s1. The van der Waals surface area contributed by atoms with Crippen LogP contribution in [0, 0.1) is 0 Å². The van der Waals surface area contributed by atoms with Gasteiger partial charge < -0.3 is 24.4 Å². The van der Waals surface area contributed by atoms with E-state index < -0.39 is 38.6 Å². The van der Waals surface area contributed by atoms with E-state index in [1.54, 1.807) is 0 Å². The number of rotatable bonds is 34. The zero-order valence-electron chi connectivity index (χ0n) is 31.1. The lowest BCUT2D eigenvalue weighted by Crippen LogP contribution is -2.29. The molecule has 3 N–H and O–H groups in total. The molecule has 0 rings (SSSR count). The van der Waals surface area contributed by atoms with Gasteiger partial charge in [-0.2, -0.15) is 0 Å². The quantitative estimate of drug-likeness (QED) is 0.0194. The number of hydrogen-bond donors (Lipinski definition) is 3. The van der Waals surface area contributed by atoms with Crippen LogP contribution in [0.2, 0.25) is 0 Å². The van der Waals surface area contributed by atoms with Crippen molar-refractivity contribution in [3.63, 3.8) is 0 Å². The number of carbonyl (C=O) groups is 2. The van der Waals surface area contributed by atoms with E-state index in [9.17, 15) is 19.3 Å². The number of carbonyl (C=O) groups excluding carboxylic acids is 2. The Kier molecular flexibility index (Phi) is 33.5. The van der Waals surface area contributed by atoms with Gasteiger partial charge in [-0.1, -0.05) is 158 Å². The first kappa shape index (κ1) is 47.7. The monoisotopic (exact) mass is 724 g/mol. The average Bonchev–Trinajstić information content (AvgIpc) is 3.08. The Hall–Kier alpha value is -2.29. The van der Waals surface area contributed by atoms with Crippen LogP contribution < -0.4 is 0 Å². The summed E-state index contributed by atoms with van der Waals surface area (Å²) in [5, 5.41) is 9.73. The highest BCUT2D eigenvalue weighted by atomic mass is 31.2. The molecular weight excluding hydrogens is 655 g/mol. The van der Waals surface area contributed by atoms with Crippen molar-refractivity contribution in [3.05, 3.63) is 60.8 Å². The highest BCUT2D eigenvalue weighted by Gasteiger charge is 2.22. The molecule has 0 saturated heterocycles. The fraction of sp³-hybridized carbons (Fsp3) is 0.700. The van der Waals surface area contributed by atoms with E-state index in [1.807, 2.05) is 55.5 Å². The Balaban J connectivity index is 4.10. The minimum atomic E-state index is -4.77. The molecule has 2 atom stereocenters. The Morgan fingerprint density at radius 1 is 0.640 bits per heavy atom. The van der Waals surface area contributed by atoms with Gasteiger partial charge in [0.15, 0.2) is 6.10 Å². The highest BCUT2D eigenvalue weighted by Crippen LogP contribution is 2.36. The Bertz CT molecular complexity index is 1010. The van der Waals surface area contributed by atoms with Crippen LogP contribution in [0.1, 0.15) is 155 Å². The molecule has 288 valence electrons. The summed E-state index contributed by atoms with van der Waals surface area (Å²) in [7, 11) is -4.77. The average molecular weight is 725 g/mol. The second-order valence-electron chi connectivity index (χ2n) is 12.7. The summed E-state index contributed by atoms with van der Waals surface area (Å²) in [6, 6.07) is 0. The number of hydrogen-bond acceptors (Lipinski definition) is 7. The largest absolute Gasteiger partial charge is 0.469 e. The van der Waals surface area contributed by atoms with E-state index in [4.69, 9.17) is 19.3 Å². The summed E-state index contributed by atoms with van der Waals surface area (Å²) < 4.78 is 26.2. The van der Waals surface area contributed by atoms with Crippen LogP contribution in [0.5, 0.6) is 0 Å². The number of ether oxygens (including phenoxy) is 2. The van der Waals surface area contributed by atoms with Crippen molar-refractivity contribution < 1.29 is 43.0 Å². The normalized spacial score (nSPS) is 13.8. The van der Waals surface area contributed by atoms with Crippen LogP contribution in [-0.4, -0.2) is 52.3 Å². The molecule has 0 aromatic heterocycles. The summed E-state index contributed by atoms with van der Waals surface area (Å²) in [5.41, 5.74) is 0. The van der Waals surface area contributed by atoms with Crippen molar-refractivity contribution in [3.8, 4) is 0 Å². The lowest BCUT2D eigenvalue weighted by atomic mass is 10.0. The number of esters is 2. The van der Waals surface area contributed by atoms with Crippen LogP contribution >= 0.6 is 7.82 Å². The van der Waals surface area contributed by atoms with Crippen LogP contribution in [0.15, 0.2) is 60.8 Å². The topological polar surface area (TPSA) is 140 Å². The number of aliphatic hydroxyl groups is 1. The maximum absolute atomic E-state index is 12.4. The maximum atomic E-state index is 12.4. The van der Waals surface area contributed by atoms with Gasteiger partial charge in [0.2, 0.25) is 0 Å². The molecule has 0 radical (unpaired) electrons. The molecule has 0 aromatic carbocycles. The predicted molar refractivity (Wildman–Crippen MR) is 203 cm³/mol. The van der Waals surface area contributed by atoms with Crippen molar-refractivity contribution in [1.29, 1.82) is 0 Å². The van der Waals surface area contributed by atoms with Gasteiger partial charge in [0, 0.05) is 12.8 Å². The number of aliphatic hydroxyl groups excluding tert-OH is 1. The molecule has 0 fully saturated rings. The van der Waals surface area contributed by atoms with Crippen LogP contribution in [0.3, 0.4) is 0 Å². The summed E-state index contributed by atoms with van der Waals surface area (Å²) in [5.74, 6) is -0.978. The van der Waals surface area contributed by atoms with E-state index in [1.165, 1.54) is 64.2 Å². The molecule has 0 amide bonds. The molecule has 0 aliphatic rings. The van der Waals surface area contributed by atoms with Crippen molar-refractivity contribution >= 4 is 19.8 Å². The number of unbranched alkanes of at least 4 members (excludes halogenated alkanes) is 14. The van der Waals surface area contributed by atoms with Gasteiger partial charge in [-0.25, -0.2) is 4.57 Å². The molecule has 1 unspecified atom stereocenters. The molecule has 9 nitrogen and oxygen atoms in total. The van der Waals surface area contributed by atoms with Crippen LogP contribution in [0.25, 0.3) is 0 Å². The molecule has 0 bridgehead atoms. The van der Waals surface area contributed by atoms with Gasteiger partial charge in [-0.15, -0.1) is 0 Å². The van der Waals surface area contributed by atoms with Gasteiger partial charge >= 0.3 is 19.8 Å². The first-order valence-electron chi connectivity index (χ1n) is 19.2. The van der Waals surface area contributed by atoms with Crippen molar-refractivity contribution in [2.24, 2.45) is 0 Å². The number of allylic oxidation sites excluding steroid dienone is 8. The fourth-order valence-electron chi connectivity index (χ4n) is 5.02. The molecule has 10 heteroatoms. The third-order valence-corrected chi connectivity index (χ3v) is 8.36. The molecule has 0 aromatic rings. The SMILES string of the molecule is CC/C=C\C(O)C/C=C/C=C\C/C=C\C/C=C\CCCC(=O)OC[C@H](COP(=O)(O)O)OC(=O)CCCCCCCCCCCCCCCC. The van der Waals surface area contributed by atoms with E-state index >= 15 is 0 Å². The molecule has 0 aliphatic heterocycles. The Labute approximate surface area is 303 Å². The summed E-state index contributed by atoms with van der Waals surface area (Å²) in [6.07, 6.45) is 40.0. The number of phosphoric acid groups is 1. The smallest absolute Gasteiger partial charge is 0.462 e. The van der Waals surface area contributed by atoms with Gasteiger partial charge in [-0.3, -0.25) is 14.1 Å². The summed E-state index contributed by atoms with van der Waals surface area (Å²) in [4.78, 5) is 42.7. The van der Waals surface area contributed by atoms with Crippen molar-refractivity contribution in [1.82, 2.24) is 0 Å². The first-order valence-corrected chi connectivity index (χ1v) is 20.7. The Morgan fingerprint density at radius 3 is 1.78 bits per heavy atom. The predicted octanol–water partition coefficient (Wildman–Crippen LogP) is 10.3. The van der Waals surface area contributed by atoms with Crippen LogP contribution in [0.4, 0.5) is 0 Å². The van der Waals surface area contributed by atoms with Crippen molar-refractivity contribution in [2.45, 2.75) is 167 Å². The fourth-order valence-corrected chi connectivity index (χ4v) is 5.38. The minimum absolute atomic E-state index is 0.170. The lowest BCUT2D eigenvalue weighted by molar-refractivity contribution is -0.161. The number of phosphoric ester groups is 1. The van der Waals surface area contributed by atoms with Crippen molar-refractivity contribution in [2.75, 3.05) is 13.2 Å². The van der Waals surface area contributed by atoms with E-state index in [0.29, 0.717) is 25.7 Å². The third kappa shape index (κ3) is 37.0. The summed E-state index contributed by atoms with van der Waals surface area (Å²) >= 11 is 0. The maximum Gasteiger partial charge on any atom is 0.469 e. The van der Waals surface area contributed by atoms with E-state index in [-0.39, 0.29) is 19.4 Å². The third-order valence-electron chi connectivity index (χ3n) is 7.88. The molecule has 0 spiro atoms. The lowest BCUT2D eigenvalue weighted by Gasteiger charge is -2.18. The van der Waals surface area contributed by atoms with Gasteiger partial charge in [0.05, 0.1) is 12.7 Å². The van der Waals surface area contributed by atoms with Gasteiger partial charge in [0.25, 0.3) is 0 Å². The van der Waals surface area contributed by atoms with E-state index in [2.05, 4.69) is 23.6 Å². The molecule has 50 heavy (non-hydrogen) atoms. The second kappa shape index (κ2) is 35.1. The van der Waals surface area contributed by atoms with Gasteiger partial charge in [0.1, 0.15) is 6.61 Å². The highest BCUT2D eigenvalue weighted by molar-refractivity contribution is 7.46. The van der Waals surface area contributed by atoms with Gasteiger partial charge in [-0.05, 0) is 44.9 Å². The second-order valence-corrected chi connectivity index (χ2v) is 14.0. The first-order chi connectivity index (χ1) is 24.2. The van der Waals surface area contributed by atoms with Crippen LogP contribution in [-0.2, 0) is 28.2 Å². The zero-order valence-corrected chi connectivity index (χ0v) is 32.0. The van der Waals surface area contributed by atoms with E-state index in [0.717, 1.165) is 38.5 Å². The molecule has 0 aliphatic carbocycles. The zero-order chi connectivity index (χ0) is 37.0. The molecule has 0 saturated carbocycles. The summed E-state index contributed by atoms with van der Waals surface area (Å²) in [6.45, 7) is 3.39. The molecule has 0 heterocycles. The minimum Gasteiger partial charge on any atom is -0.462 e. The Morgan fingerprint density at radius 2 is 1.18 bits per heavy atom.